The van der Waals surface area contributed by atoms with Crippen molar-refractivity contribution < 1.29 is 19.4 Å². The van der Waals surface area contributed by atoms with Crippen LogP contribution in [0.4, 0.5) is 0 Å². The van der Waals surface area contributed by atoms with Crippen LogP contribution in [0, 0.1) is 0 Å². The highest BCUT2D eigenvalue weighted by molar-refractivity contribution is 6.46. The fourth-order valence-electron chi connectivity index (χ4n) is 3.94. The number of pyridine rings is 1. The van der Waals surface area contributed by atoms with E-state index >= 15 is 0 Å². The van der Waals surface area contributed by atoms with Gasteiger partial charge in [-0.1, -0.05) is 39.5 Å². The summed E-state index contributed by atoms with van der Waals surface area (Å²) < 4.78 is 5.73. The van der Waals surface area contributed by atoms with E-state index in [9.17, 15) is 14.7 Å². The lowest BCUT2D eigenvalue weighted by atomic mass is 9.96. The van der Waals surface area contributed by atoms with E-state index in [0.29, 0.717) is 24.5 Å². The second-order valence-electron chi connectivity index (χ2n) is 8.06. The molecule has 6 heteroatoms. The number of hydrogen-bond donors (Lipinski definition) is 1. The van der Waals surface area contributed by atoms with Crippen LogP contribution < -0.4 is 4.74 Å². The summed E-state index contributed by atoms with van der Waals surface area (Å²) in [7, 11) is 0. The van der Waals surface area contributed by atoms with Crippen LogP contribution in [0.5, 0.6) is 5.75 Å². The summed E-state index contributed by atoms with van der Waals surface area (Å²) in [6.07, 6.45) is 9.28. The van der Waals surface area contributed by atoms with E-state index in [-0.39, 0.29) is 11.3 Å². The molecule has 2 heterocycles. The molecule has 2 aromatic rings. The molecule has 0 aliphatic carbocycles. The van der Waals surface area contributed by atoms with Gasteiger partial charge in [0.25, 0.3) is 11.7 Å². The van der Waals surface area contributed by atoms with Crippen molar-refractivity contribution in [3.63, 3.8) is 0 Å². The Morgan fingerprint density at radius 3 is 2.28 bits per heavy atom. The highest BCUT2D eigenvalue weighted by atomic mass is 16.5. The van der Waals surface area contributed by atoms with Gasteiger partial charge in [0.2, 0.25) is 0 Å². The number of carbonyl (C=O) groups is 2. The molecule has 0 saturated carbocycles. The Morgan fingerprint density at radius 2 is 1.62 bits per heavy atom. The third-order valence-corrected chi connectivity index (χ3v) is 5.71. The van der Waals surface area contributed by atoms with E-state index in [2.05, 4.69) is 18.8 Å². The normalized spacial score (nSPS) is 17.7. The van der Waals surface area contributed by atoms with Crippen LogP contribution in [0.2, 0.25) is 0 Å². The number of Topliss-reactive ketones (excluding diaryl/α,β-unsaturated/α-hetero) is 1. The van der Waals surface area contributed by atoms with Crippen molar-refractivity contribution in [3.05, 3.63) is 65.5 Å². The molecular weight excluding hydrogens is 404 g/mol. The van der Waals surface area contributed by atoms with Crippen molar-refractivity contribution in [1.82, 2.24) is 9.88 Å². The van der Waals surface area contributed by atoms with Crippen LogP contribution in [0.3, 0.4) is 0 Å². The molecule has 1 aromatic heterocycles. The van der Waals surface area contributed by atoms with E-state index in [0.717, 1.165) is 44.1 Å². The average Bonchev–Trinajstić information content (AvgIpc) is 3.07. The Morgan fingerprint density at radius 1 is 0.969 bits per heavy atom. The zero-order valence-corrected chi connectivity index (χ0v) is 18.9. The van der Waals surface area contributed by atoms with E-state index < -0.39 is 17.7 Å². The van der Waals surface area contributed by atoms with Gasteiger partial charge >= 0.3 is 0 Å². The predicted molar refractivity (Wildman–Crippen MR) is 124 cm³/mol. The molecule has 3 rings (SSSR count). The first-order chi connectivity index (χ1) is 15.6. The molecule has 1 aliphatic rings. The van der Waals surface area contributed by atoms with Gasteiger partial charge < -0.3 is 14.7 Å². The van der Waals surface area contributed by atoms with Crippen molar-refractivity contribution in [2.75, 3.05) is 13.2 Å². The van der Waals surface area contributed by atoms with Crippen molar-refractivity contribution >= 4 is 17.4 Å². The molecule has 0 spiro atoms. The lowest BCUT2D eigenvalue weighted by Gasteiger charge is -2.25. The Hall–Kier alpha value is -3.15. The fourth-order valence-corrected chi connectivity index (χ4v) is 3.94. The third kappa shape index (κ3) is 5.36. The Bertz CT molecular complexity index is 938. The Labute approximate surface area is 189 Å². The average molecular weight is 437 g/mol. The standard InChI is InChI=1S/C26H32N2O4/c1-3-5-7-17-28-23(19-13-15-27-16-14-19)22(25(30)26(28)31)24(29)20-9-11-21(12-10-20)32-18-8-6-4-2/h9-16,23,29H,3-8,17-18H2,1-2H3/b24-22-. The first-order valence-corrected chi connectivity index (χ1v) is 11.5. The minimum atomic E-state index is -0.652. The number of unbranched alkanes of at least 4 members (excludes halogenated alkanes) is 4. The van der Waals surface area contributed by atoms with Gasteiger partial charge in [0.15, 0.2) is 0 Å². The highest BCUT2D eigenvalue weighted by Gasteiger charge is 2.45. The number of amides is 1. The Kier molecular flexibility index (Phi) is 8.42. The van der Waals surface area contributed by atoms with Gasteiger partial charge in [-0.25, -0.2) is 0 Å². The lowest BCUT2D eigenvalue weighted by molar-refractivity contribution is -0.139. The van der Waals surface area contributed by atoms with Crippen molar-refractivity contribution in [3.8, 4) is 5.75 Å². The summed E-state index contributed by atoms with van der Waals surface area (Å²) in [5.41, 5.74) is 1.36. The van der Waals surface area contributed by atoms with Gasteiger partial charge in [-0.3, -0.25) is 14.6 Å². The minimum absolute atomic E-state index is 0.120. The molecule has 6 nitrogen and oxygen atoms in total. The zero-order valence-electron chi connectivity index (χ0n) is 18.9. The predicted octanol–water partition coefficient (Wildman–Crippen LogP) is 5.26. The fraction of sp³-hybridized carbons (Fsp3) is 0.423. The molecule has 1 atom stereocenters. The number of benzene rings is 1. The van der Waals surface area contributed by atoms with Gasteiger partial charge in [0.05, 0.1) is 18.2 Å². The first kappa shape index (κ1) is 23.5. The number of carbonyl (C=O) groups excluding carboxylic acids is 2. The number of likely N-dealkylation sites (tertiary alicyclic amines) is 1. The first-order valence-electron chi connectivity index (χ1n) is 11.5. The number of hydrogen-bond acceptors (Lipinski definition) is 5. The van der Waals surface area contributed by atoms with Crippen LogP contribution in [-0.2, 0) is 9.59 Å². The van der Waals surface area contributed by atoms with Gasteiger partial charge in [0, 0.05) is 24.5 Å². The SMILES string of the molecule is CCCCCOc1ccc(/C(O)=C2/C(=O)C(=O)N(CCCCC)C2c2ccncc2)cc1. The summed E-state index contributed by atoms with van der Waals surface area (Å²) in [6.45, 7) is 5.34. The number of aromatic nitrogens is 1. The highest BCUT2D eigenvalue weighted by Crippen LogP contribution is 2.39. The van der Waals surface area contributed by atoms with E-state index in [4.69, 9.17) is 4.74 Å². The topological polar surface area (TPSA) is 79.7 Å². The van der Waals surface area contributed by atoms with Gasteiger partial charge in [-0.15, -0.1) is 0 Å². The summed E-state index contributed by atoms with van der Waals surface area (Å²) in [4.78, 5) is 31.4. The van der Waals surface area contributed by atoms with E-state index in [1.54, 1.807) is 53.7 Å². The number of nitrogens with zero attached hydrogens (tertiary/aromatic N) is 2. The van der Waals surface area contributed by atoms with Crippen LogP contribution in [0.15, 0.2) is 54.4 Å². The largest absolute Gasteiger partial charge is 0.507 e. The van der Waals surface area contributed by atoms with Gasteiger partial charge in [0.1, 0.15) is 11.5 Å². The molecule has 0 radical (unpaired) electrons. The number of aliphatic hydroxyl groups excluding tert-OH is 1. The Balaban J connectivity index is 1.91. The second kappa shape index (κ2) is 11.5. The van der Waals surface area contributed by atoms with Crippen LogP contribution in [-0.4, -0.2) is 39.8 Å². The van der Waals surface area contributed by atoms with E-state index in [1.165, 1.54) is 0 Å². The monoisotopic (exact) mass is 436 g/mol. The van der Waals surface area contributed by atoms with Gasteiger partial charge in [-0.2, -0.15) is 0 Å². The molecule has 1 unspecified atom stereocenters. The number of rotatable bonds is 11. The quantitative estimate of drug-likeness (QED) is 0.225. The van der Waals surface area contributed by atoms with E-state index in [1.807, 2.05) is 0 Å². The maximum absolute atomic E-state index is 13.0. The summed E-state index contributed by atoms with van der Waals surface area (Å²) in [6, 6.07) is 9.93. The van der Waals surface area contributed by atoms with Crippen molar-refractivity contribution in [1.29, 1.82) is 0 Å². The number of ether oxygens (including phenoxy) is 1. The maximum atomic E-state index is 13.0. The lowest BCUT2D eigenvalue weighted by Crippen LogP contribution is -2.30. The molecule has 170 valence electrons. The molecule has 1 aromatic carbocycles. The van der Waals surface area contributed by atoms with Crippen LogP contribution in [0.1, 0.15) is 69.5 Å². The molecule has 1 amide bonds. The molecule has 1 saturated heterocycles. The number of ketones is 1. The van der Waals surface area contributed by atoms with Crippen molar-refractivity contribution in [2.45, 2.75) is 58.4 Å². The molecule has 0 bridgehead atoms. The molecule has 1 aliphatic heterocycles. The van der Waals surface area contributed by atoms with Crippen molar-refractivity contribution in [2.24, 2.45) is 0 Å². The molecular formula is C26H32N2O4. The summed E-state index contributed by atoms with van der Waals surface area (Å²) in [5, 5.41) is 11.1. The number of aliphatic hydroxyl groups is 1. The zero-order chi connectivity index (χ0) is 22.9. The van der Waals surface area contributed by atoms with Crippen LogP contribution >= 0.6 is 0 Å². The maximum Gasteiger partial charge on any atom is 0.295 e. The molecule has 32 heavy (non-hydrogen) atoms. The minimum Gasteiger partial charge on any atom is -0.507 e. The third-order valence-electron chi connectivity index (χ3n) is 5.71. The smallest absolute Gasteiger partial charge is 0.295 e. The summed E-state index contributed by atoms with van der Waals surface area (Å²) >= 11 is 0. The molecule has 1 N–H and O–H groups in total. The second-order valence-corrected chi connectivity index (χ2v) is 8.06. The van der Waals surface area contributed by atoms with Gasteiger partial charge in [-0.05, 0) is 54.8 Å². The summed E-state index contributed by atoms with van der Waals surface area (Å²) in [5.74, 6) is -0.676. The van der Waals surface area contributed by atoms with Crippen LogP contribution in [0.25, 0.3) is 5.76 Å². The molecule has 1 fully saturated rings.